The number of benzene rings is 1. The lowest BCUT2D eigenvalue weighted by molar-refractivity contribution is 0.102. The third kappa shape index (κ3) is 7.37. The van der Waals surface area contributed by atoms with Crippen molar-refractivity contribution in [2.24, 2.45) is 0 Å². The van der Waals surface area contributed by atoms with E-state index in [1.54, 1.807) is 26.0 Å². The molecule has 8 nitrogen and oxygen atoms in total. The van der Waals surface area contributed by atoms with Crippen molar-refractivity contribution in [2.45, 2.75) is 52.9 Å². The van der Waals surface area contributed by atoms with E-state index in [1.807, 2.05) is 32.0 Å². The van der Waals surface area contributed by atoms with Gasteiger partial charge in [0.05, 0.1) is 6.61 Å². The Morgan fingerprint density at radius 1 is 1.26 bits per heavy atom. The molecule has 182 valence electrons. The molecule has 1 heterocycles. The van der Waals surface area contributed by atoms with E-state index in [2.05, 4.69) is 5.32 Å². The van der Waals surface area contributed by atoms with Crippen molar-refractivity contribution < 1.29 is 29.0 Å². The zero-order chi connectivity index (χ0) is 25.3. The van der Waals surface area contributed by atoms with Crippen molar-refractivity contribution >= 4 is 18.0 Å². The number of aryl methyl sites for hydroxylation is 1. The van der Waals surface area contributed by atoms with Gasteiger partial charge in [-0.3, -0.25) is 10.1 Å². The zero-order valence-corrected chi connectivity index (χ0v) is 19.9. The quantitative estimate of drug-likeness (QED) is 0.297. The lowest BCUT2D eigenvalue weighted by Gasteiger charge is -2.11. The van der Waals surface area contributed by atoms with Gasteiger partial charge in [0, 0.05) is 18.2 Å². The Morgan fingerprint density at radius 2 is 2.00 bits per heavy atom. The Labute approximate surface area is 198 Å². The maximum Gasteiger partial charge on any atom is 0.408 e. The lowest BCUT2D eigenvalue weighted by atomic mass is 9.98. The molecule has 0 radical (unpaired) electrons. The SMILES string of the molecule is CCCOc1ccc(C=C(C)C(=O)c2c(O)cc(C(C)CCC=CNC(=O)O)oc2=O)c(C)c1. The Balaban J connectivity index is 2.17. The second kappa shape index (κ2) is 12.4. The van der Waals surface area contributed by atoms with Crippen LogP contribution in [0.1, 0.15) is 73.2 Å². The normalized spacial score (nSPS) is 12.5. The van der Waals surface area contributed by atoms with Gasteiger partial charge < -0.3 is 19.4 Å². The van der Waals surface area contributed by atoms with Gasteiger partial charge in [0.25, 0.3) is 0 Å². The summed E-state index contributed by atoms with van der Waals surface area (Å²) in [7, 11) is 0. The molecule has 34 heavy (non-hydrogen) atoms. The second-order valence-electron chi connectivity index (χ2n) is 8.05. The molecule has 8 heteroatoms. The topological polar surface area (TPSA) is 126 Å². The van der Waals surface area contributed by atoms with Crippen LogP contribution in [0.15, 0.2) is 51.3 Å². The summed E-state index contributed by atoms with van der Waals surface area (Å²) in [5, 5.41) is 21.1. The number of ketones is 1. The highest BCUT2D eigenvalue weighted by atomic mass is 16.5. The summed E-state index contributed by atoms with van der Waals surface area (Å²) < 4.78 is 10.9. The number of ether oxygens (including phenoxy) is 1. The molecule has 1 aromatic carbocycles. The summed E-state index contributed by atoms with van der Waals surface area (Å²) in [6.07, 6.45) is 5.43. The molecule has 2 aromatic rings. The molecule has 2 rings (SSSR count). The van der Waals surface area contributed by atoms with Crippen LogP contribution < -0.4 is 15.7 Å². The maximum absolute atomic E-state index is 12.9. The predicted molar refractivity (Wildman–Crippen MR) is 130 cm³/mol. The highest BCUT2D eigenvalue weighted by molar-refractivity contribution is 6.12. The smallest absolute Gasteiger partial charge is 0.408 e. The molecule has 0 saturated heterocycles. The van der Waals surface area contributed by atoms with Gasteiger partial charge >= 0.3 is 11.7 Å². The highest BCUT2D eigenvalue weighted by Gasteiger charge is 2.22. The van der Waals surface area contributed by atoms with Gasteiger partial charge in [-0.2, -0.15) is 0 Å². The van der Waals surface area contributed by atoms with Crippen molar-refractivity contribution in [3.05, 3.63) is 75.0 Å². The first kappa shape index (κ1) is 26.4. The van der Waals surface area contributed by atoms with E-state index in [0.29, 0.717) is 19.4 Å². The fourth-order valence-corrected chi connectivity index (χ4v) is 3.27. The molecule has 0 fully saturated rings. The second-order valence-corrected chi connectivity index (χ2v) is 8.05. The van der Waals surface area contributed by atoms with Crippen LogP contribution in [0.25, 0.3) is 6.08 Å². The van der Waals surface area contributed by atoms with Crippen molar-refractivity contribution in [3.8, 4) is 11.5 Å². The zero-order valence-electron chi connectivity index (χ0n) is 19.9. The number of allylic oxidation sites excluding steroid dienone is 2. The summed E-state index contributed by atoms with van der Waals surface area (Å²) in [6.45, 7) is 7.93. The predicted octanol–water partition coefficient (Wildman–Crippen LogP) is 5.39. The monoisotopic (exact) mass is 469 g/mol. The van der Waals surface area contributed by atoms with Gasteiger partial charge in [-0.15, -0.1) is 0 Å². The fourth-order valence-electron chi connectivity index (χ4n) is 3.27. The number of carbonyl (C=O) groups excluding carboxylic acids is 1. The average Bonchev–Trinajstić information content (AvgIpc) is 2.78. The molecule has 0 aliphatic rings. The Morgan fingerprint density at radius 3 is 2.62 bits per heavy atom. The molecule has 0 spiro atoms. The first-order chi connectivity index (χ1) is 16.1. The number of nitrogens with one attached hydrogen (secondary N) is 1. The van der Waals surface area contributed by atoms with Crippen LogP contribution in [0, 0.1) is 6.92 Å². The van der Waals surface area contributed by atoms with Crippen molar-refractivity contribution in [2.75, 3.05) is 6.61 Å². The van der Waals surface area contributed by atoms with Gasteiger partial charge in [0.1, 0.15) is 22.8 Å². The molecule has 0 bridgehead atoms. The number of carbonyl (C=O) groups is 2. The van der Waals surface area contributed by atoms with E-state index in [1.165, 1.54) is 12.3 Å². The Kier molecular flexibility index (Phi) is 9.67. The number of aromatic hydroxyl groups is 1. The van der Waals surface area contributed by atoms with Crippen LogP contribution in [-0.2, 0) is 0 Å². The van der Waals surface area contributed by atoms with E-state index in [9.17, 15) is 19.5 Å². The highest BCUT2D eigenvalue weighted by Crippen LogP contribution is 2.27. The van der Waals surface area contributed by atoms with Crippen molar-refractivity contribution in [3.63, 3.8) is 0 Å². The molecule has 3 N–H and O–H groups in total. The lowest BCUT2D eigenvalue weighted by Crippen LogP contribution is -2.16. The van der Waals surface area contributed by atoms with Gasteiger partial charge in [0.15, 0.2) is 5.78 Å². The van der Waals surface area contributed by atoms with Gasteiger partial charge in [-0.1, -0.05) is 26.0 Å². The van der Waals surface area contributed by atoms with Gasteiger partial charge in [-0.25, -0.2) is 9.59 Å². The Bertz CT molecular complexity index is 1140. The number of hydrogen-bond acceptors (Lipinski definition) is 6. The summed E-state index contributed by atoms with van der Waals surface area (Å²) in [6, 6.07) is 6.83. The first-order valence-corrected chi connectivity index (χ1v) is 11.1. The number of hydrogen-bond donors (Lipinski definition) is 3. The molecular weight excluding hydrogens is 438 g/mol. The number of Topliss-reactive ketones (excluding diaryl/α,β-unsaturated/α-hetero) is 1. The van der Waals surface area contributed by atoms with Crippen LogP contribution >= 0.6 is 0 Å². The van der Waals surface area contributed by atoms with E-state index in [0.717, 1.165) is 23.3 Å². The van der Waals surface area contributed by atoms with Gasteiger partial charge in [-0.05, 0) is 68.0 Å². The van der Waals surface area contributed by atoms with Crippen molar-refractivity contribution in [1.29, 1.82) is 0 Å². The number of rotatable bonds is 11. The average molecular weight is 470 g/mol. The molecule has 1 atom stereocenters. The summed E-state index contributed by atoms with van der Waals surface area (Å²) in [5.41, 5.74) is 0.686. The van der Waals surface area contributed by atoms with Gasteiger partial charge in [0.2, 0.25) is 0 Å². The summed E-state index contributed by atoms with van der Waals surface area (Å²) >= 11 is 0. The largest absolute Gasteiger partial charge is 0.507 e. The molecule has 1 unspecified atom stereocenters. The van der Waals surface area contributed by atoms with Crippen LogP contribution in [-0.4, -0.2) is 28.7 Å². The maximum atomic E-state index is 12.9. The number of carboxylic acid groups (broad SMARTS) is 1. The minimum atomic E-state index is -1.15. The molecule has 0 aliphatic heterocycles. The Hall–Kier alpha value is -3.81. The molecular formula is C26H31NO7. The van der Waals surface area contributed by atoms with Crippen LogP contribution in [0.5, 0.6) is 11.5 Å². The number of amides is 1. The molecule has 0 aliphatic carbocycles. The molecule has 0 saturated carbocycles. The van der Waals surface area contributed by atoms with Crippen LogP contribution in [0.4, 0.5) is 4.79 Å². The summed E-state index contributed by atoms with van der Waals surface area (Å²) in [4.78, 5) is 35.9. The standard InChI is InChI=1S/C26H31NO7/c1-5-12-33-20-10-9-19(17(3)14-20)13-18(4)24(29)23-21(28)15-22(34-25(23)30)16(2)8-6-7-11-27-26(31)32/h7,9-11,13-16,27-28H,5-6,8,12H2,1-4H3,(H,31,32). The third-order valence-corrected chi connectivity index (χ3v) is 5.20. The van der Waals surface area contributed by atoms with E-state index < -0.39 is 28.8 Å². The van der Waals surface area contributed by atoms with Crippen LogP contribution in [0.3, 0.4) is 0 Å². The van der Waals surface area contributed by atoms with Crippen LogP contribution in [0.2, 0.25) is 0 Å². The molecule has 1 amide bonds. The minimum absolute atomic E-state index is 0.232. The fraction of sp³-hybridized carbons (Fsp3) is 0.346. The van der Waals surface area contributed by atoms with E-state index in [4.69, 9.17) is 14.3 Å². The van der Waals surface area contributed by atoms with E-state index >= 15 is 0 Å². The molecule has 1 aromatic heterocycles. The minimum Gasteiger partial charge on any atom is -0.507 e. The first-order valence-electron chi connectivity index (χ1n) is 11.1. The summed E-state index contributed by atoms with van der Waals surface area (Å²) in [5.74, 6) is -0.279. The third-order valence-electron chi connectivity index (χ3n) is 5.20. The van der Waals surface area contributed by atoms with Crippen molar-refractivity contribution in [1.82, 2.24) is 5.32 Å². The van der Waals surface area contributed by atoms with E-state index in [-0.39, 0.29) is 17.3 Å².